The first-order valence-corrected chi connectivity index (χ1v) is 48.5. The highest BCUT2D eigenvalue weighted by Crippen LogP contribution is 2.30. The van der Waals surface area contributed by atoms with Crippen LogP contribution in [0.25, 0.3) is 23.1 Å². The van der Waals surface area contributed by atoms with E-state index in [1.807, 2.05) is 126 Å². The molecule has 0 saturated carbocycles. The van der Waals surface area contributed by atoms with Crippen molar-refractivity contribution >= 4 is 69.5 Å². The summed E-state index contributed by atoms with van der Waals surface area (Å²) in [5, 5.41) is 11.9. The number of hydrogen-bond donors (Lipinski definition) is 4. The van der Waals surface area contributed by atoms with Gasteiger partial charge in [0.05, 0.1) is 47.0 Å². The SMILES string of the molecule is Cc1cc(NC(=O)c2cncc(C#Cc3cnc4nc(C(F)(F)F)ccn34)c2)ccc1CN1CCN(C)CC1.Cc1cc(NC(=O)c2cncc(C#Cc3cnc4nc(C)c(C)cn34)c2)ccc1CN1CCN(C)CC1.Cc1cc(NC(=O)c2cncc(C#Cc3cnc4ncccn34)c2)ccc1CN1CCN(C)CC1.Cc1ccn2c(C#Cc3cncc(C(=O)Nc4ccc(CN5CCN(C)CC5)c(C)c4)c3)cnc2n1. The molecule has 0 spiro atoms. The van der Waals surface area contributed by atoms with Gasteiger partial charge in [-0.1, -0.05) is 47.9 Å². The van der Waals surface area contributed by atoms with E-state index >= 15 is 0 Å². The molecule has 4 saturated heterocycles. The van der Waals surface area contributed by atoms with Crippen molar-refractivity contribution in [1.82, 2.24) is 117 Å². The molecule has 4 amide bonds. The maximum atomic E-state index is 13.0. The Morgan fingerprint density at radius 2 is 0.612 bits per heavy atom. The van der Waals surface area contributed by atoms with Crippen LogP contribution in [-0.4, -0.2) is 273 Å². The molecule has 147 heavy (non-hydrogen) atoms. The van der Waals surface area contributed by atoms with Crippen molar-refractivity contribution < 1.29 is 32.3 Å². The number of likely N-dealkylation sites (N-methyl/N-ethyl adjacent to an activating group) is 4. The molecule has 12 aromatic heterocycles. The molecule has 16 heterocycles. The summed E-state index contributed by atoms with van der Waals surface area (Å²) in [5.74, 6) is 25.0. The molecule has 4 aliphatic heterocycles. The van der Waals surface area contributed by atoms with E-state index in [0.29, 0.717) is 73.2 Å². The van der Waals surface area contributed by atoms with Crippen molar-refractivity contribution in [3.8, 4) is 47.4 Å². The van der Waals surface area contributed by atoms with Gasteiger partial charge in [0.2, 0.25) is 23.1 Å². The maximum absolute atomic E-state index is 13.0. The molecule has 4 aliphatic rings. The van der Waals surface area contributed by atoms with E-state index in [0.717, 1.165) is 194 Å². The Morgan fingerprint density at radius 1 is 0.313 bits per heavy atom. The van der Waals surface area contributed by atoms with Crippen LogP contribution < -0.4 is 21.3 Å². The zero-order chi connectivity index (χ0) is 103. The highest BCUT2D eigenvalue weighted by Gasteiger charge is 2.33. The number of carbonyl (C=O) groups is 4. The minimum atomic E-state index is -4.56. The number of nitrogens with zero attached hydrogens (tertiary/aromatic N) is 24. The van der Waals surface area contributed by atoms with E-state index in [-0.39, 0.29) is 29.4 Å². The van der Waals surface area contributed by atoms with Gasteiger partial charge in [-0.3, -0.25) is 76.3 Å². The molecule has 0 atom stereocenters. The second-order valence-corrected chi connectivity index (χ2v) is 37.3. The molecule has 16 aromatic rings. The lowest BCUT2D eigenvalue weighted by Crippen LogP contribution is -2.43. The highest BCUT2D eigenvalue weighted by molar-refractivity contribution is 6.06. The number of aromatic nitrogens is 16. The van der Waals surface area contributed by atoms with Gasteiger partial charge in [-0.05, 0) is 241 Å². The molecule has 0 unspecified atom stereocenters. The fraction of sp³-hybridized carbons (Fsp3) is 0.286. The van der Waals surface area contributed by atoms with Gasteiger partial charge in [-0.25, -0.2) is 39.9 Å². The van der Waals surface area contributed by atoms with E-state index in [1.165, 1.54) is 68.1 Å². The third kappa shape index (κ3) is 27.2. The van der Waals surface area contributed by atoms with Gasteiger partial charge in [-0.2, -0.15) is 13.2 Å². The summed E-state index contributed by atoms with van der Waals surface area (Å²) in [6.07, 6.45) is 23.1. The predicted molar refractivity (Wildman–Crippen MR) is 560 cm³/mol. The monoisotopic (exact) mass is 1970 g/mol. The number of halogens is 3. The van der Waals surface area contributed by atoms with Crippen LogP contribution in [0.1, 0.15) is 154 Å². The minimum Gasteiger partial charge on any atom is -0.322 e. The van der Waals surface area contributed by atoms with Gasteiger partial charge in [0.25, 0.3) is 23.6 Å². The van der Waals surface area contributed by atoms with Crippen molar-refractivity contribution in [3.05, 3.63) is 355 Å². The first-order valence-electron chi connectivity index (χ1n) is 48.5. The van der Waals surface area contributed by atoms with Crippen LogP contribution in [0.3, 0.4) is 0 Å². The number of imidazole rings is 4. The second kappa shape index (κ2) is 46.9. The predicted octanol–water partition coefficient (Wildman–Crippen LogP) is 13.3. The quantitative estimate of drug-likeness (QED) is 0.0653. The molecule has 746 valence electrons. The highest BCUT2D eigenvalue weighted by atomic mass is 19.4. The number of rotatable bonds is 16. The van der Waals surface area contributed by atoms with Crippen LogP contribution >= 0.6 is 0 Å². The molecule has 0 radical (unpaired) electrons. The van der Waals surface area contributed by atoms with Crippen LogP contribution in [-0.2, 0) is 32.4 Å². The average Bonchev–Trinajstić information content (AvgIpc) is 1.66. The topological polar surface area (TPSA) is 315 Å². The van der Waals surface area contributed by atoms with Gasteiger partial charge < -0.3 is 40.9 Å². The van der Waals surface area contributed by atoms with Crippen molar-refractivity contribution in [2.24, 2.45) is 0 Å². The number of benzene rings is 4. The maximum Gasteiger partial charge on any atom is 0.433 e. The summed E-state index contributed by atoms with van der Waals surface area (Å²) in [6, 6.07) is 35.7. The largest absolute Gasteiger partial charge is 0.433 e. The van der Waals surface area contributed by atoms with Crippen molar-refractivity contribution in [3.63, 3.8) is 0 Å². The Balaban J connectivity index is 0.000000134. The van der Waals surface area contributed by atoms with Crippen LogP contribution in [0.4, 0.5) is 35.9 Å². The van der Waals surface area contributed by atoms with Crippen molar-refractivity contribution in [1.29, 1.82) is 0 Å². The van der Waals surface area contributed by atoms with Gasteiger partial charge in [-0.15, -0.1) is 0 Å². The fourth-order valence-corrected chi connectivity index (χ4v) is 17.0. The van der Waals surface area contributed by atoms with Gasteiger partial charge >= 0.3 is 6.18 Å². The van der Waals surface area contributed by atoms with Crippen molar-refractivity contribution in [2.75, 3.05) is 154 Å². The van der Waals surface area contributed by atoms with E-state index in [4.69, 9.17) is 0 Å². The normalized spacial score (nSPS) is 14.5. The summed E-state index contributed by atoms with van der Waals surface area (Å²) >= 11 is 0. The lowest BCUT2D eigenvalue weighted by Gasteiger charge is -2.32. The first-order chi connectivity index (χ1) is 71.0. The van der Waals surface area contributed by atoms with Crippen molar-refractivity contribution in [2.45, 2.75) is 80.8 Å². The van der Waals surface area contributed by atoms with Crippen LogP contribution in [0.5, 0.6) is 0 Å². The van der Waals surface area contributed by atoms with Crippen LogP contribution in [0.15, 0.2) is 221 Å². The van der Waals surface area contributed by atoms with E-state index in [1.54, 1.807) is 86.2 Å². The number of amides is 4. The Hall–Kier alpha value is -16.5. The summed E-state index contributed by atoms with van der Waals surface area (Å²) in [7, 11) is 8.63. The van der Waals surface area contributed by atoms with Crippen LogP contribution in [0, 0.1) is 95.8 Å². The van der Waals surface area contributed by atoms with Gasteiger partial charge in [0.1, 0.15) is 28.5 Å². The Kier molecular flexibility index (Phi) is 32.6. The molecular weight excluding hydrogens is 1860 g/mol. The Labute approximate surface area is 851 Å². The number of nitrogens with one attached hydrogen (secondary N) is 4. The number of hydrogen-bond acceptors (Lipinski definition) is 24. The lowest BCUT2D eigenvalue weighted by atomic mass is 10.1. The molecule has 35 heteroatoms. The molecular formula is C112H113F3N28O4. The molecule has 32 nitrogen and oxygen atoms in total. The standard InChI is InChI=1S/C29H31N7O.C28H26F3N7O.C28H29N7O.C27H27N7O/c1-20-13-26(7-6-24(20)19-35-11-9-34(4)10-12-35)33-28(37)25-14-23(15-30-16-25)5-8-27-17-31-29-32-22(3)21(2)18-36(27)29;1-19-13-23(5-4-21(19)18-37-11-9-36(2)10-12-37)34-26(39)22-14-20(15-32-16-22)3-6-24-17-33-27-35-25(28(29,30)31)7-8-38(24)27;1-20-14-25(6-5-23(20)19-34-12-10-33(3)11-13-34)32-27(36)24-15-22(16-29-17-24)4-7-26-18-30-28-31-21(2)8-9-35(26)28;1-20-14-24(6-5-22(20)19-33-12-10-32(2)11-13-33)31-26(35)23-15-21(16-28-17-23)4-7-25-18-30-27-29-8-3-9-34(25)27/h6-7,13-18H,9-12,19H2,1-4H3,(H,33,37);4-5,7-8,13-17H,9-12,18H2,1-2H3,(H,34,39);5-6,8-9,14-18H,10-13,19H2,1-3H3,(H,32,36);3,5-6,8-9,14-18H,10-13,19H2,1-2H3,(H,31,35). The number of alkyl halides is 3. The second-order valence-electron chi connectivity index (χ2n) is 37.3. The Bertz CT molecular complexity index is 7820. The zero-order valence-corrected chi connectivity index (χ0v) is 83.9. The summed E-state index contributed by atoms with van der Waals surface area (Å²) in [4.78, 5) is 121. The third-order valence-corrected chi connectivity index (χ3v) is 26.1. The molecule has 4 aromatic carbocycles. The number of carbonyl (C=O) groups excluding carboxylic acids is 4. The fourth-order valence-electron chi connectivity index (χ4n) is 17.0. The molecule has 4 N–H and O–H groups in total. The number of pyridine rings is 4. The van der Waals surface area contributed by atoms with E-state index in [9.17, 15) is 32.3 Å². The first kappa shape index (κ1) is 102. The van der Waals surface area contributed by atoms with Crippen LogP contribution in [0.2, 0.25) is 0 Å². The molecule has 4 fully saturated rings. The van der Waals surface area contributed by atoms with Gasteiger partial charge in [0.15, 0.2) is 0 Å². The smallest absolute Gasteiger partial charge is 0.322 e. The minimum absolute atomic E-state index is 0.106. The summed E-state index contributed by atoms with van der Waals surface area (Å²) < 4.78 is 45.6. The van der Waals surface area contributed by atoms with Gasteiger partial charge in [0, 0.05) is 268 Å². The third-order valence-electron chi connectivity index (χ3n) is 26.1. The number of fused-ring (bicyclic) bond motifs is 4. The van der Waals surface area contributed by atoms with E-state index in [2.05, 4.69) is 235 Å². The van der Waals surface area contributed by atoms with E-state index < -0.39 is 11.9 Å². The average molecular weight is 1970 g/mol. The molecule has 0 aliphatic carbocycles. The summed E-state index contributed by atoms with van der Waals surface area (Å²) in [6.45, 7) is 35.1. The Morgan fingerprint density at radius 3 is 0.939 bits per heavy atom. The summed E-state index contributed by atoms with van der Waals surface area (Å²) in [5.41, 5.74) is 21.2. The molecule has 0 bridgehead atoms. The number of anilines is 4. The molecule has 20 rings (SSSR count). The lowest BCUT2D eigenvalue weighted by molar-refractivity contribution is -0.141. The number of piperazine rings is 4. The zero-order valence-electron chi connectivity index (χ0n) is 83.9. The number of aryl methyl sites for hydroxylation is 7.